The van der Waals surface area contributed by atoms with Crippen molar-refractivity contribution in [1.29, 1.82) is 0 Å². The molecule has 1 fully saturated rings. The number of rotatable bonds is 8. The van der Waals surface area contributed by atoms with E-state index in [-0.39, 0.29) is 6.04 Å². The van der Waals surface area contributed by atoms with Crippen LogP contribution in [0.2, 0.25) is 5.02 Å². The number of hydrogen-bond donors (Lipinski definition) is 2. The third-order valence-corrected chi connectivity index (χ3v) is 5.11. The number of nitrogens with zero attached hydrogens (tertiary/aromatic N) is 2. The minimum Gasteiger partial charge on any atom is -0.383 e. The summed E-state index contributed by atoms with van der Waals surface area (Å²) < 4.78 is 5.17. The fourth-order valence-corrected chi connectivity index (χ4v) is 3.42. The molecule has 1 aromatic carbocycles. The highest BCUT2D eigenvalue weighted by molar-refractivity contribution is 6.30. The molecule has 6 heteroatoms. The number of aliphatic imine (C=N–C) groups is 1. The van der Waals surface area contributed by atoms with E-state index in [0.717, 1.165) is 55.9 Å². The molecule has 1 heterocycles. The molecule has 1 aliphatic heterocycles. The summed E-state index contributed by atoms with van der Waals surface area (Å²) in [5, 5.41) is 7.61. The van der Waals surface area contributed by atoms with Gasteiger partial charge in [-0.1, -0.05) is 23.7 Å². The maximum atomic E-state index is 6.11. The lowest BCUT2D eigenvalue weighted by Crippen LogP contribution is -2.40. The Morgan fingerprint density at radius 2 is 2.15 bits per heavy atom. The summed E-state index contributed by atoms with van der Waals surface area (Å²) in [5.41, 5.74) is 1.16. The van der Waals surface area contributed by atoms with E-state index in [9.17, 15) is 0 Å². The van der Waals surface area contributed by atoms with Crippen LogP contribution in [-0.4, -0.2) is 57.3 Å². The Balaban J connectivity index is 1.84. The number of guanidine groups is 1. The summed E-state index contributed by atoms with van der Waals surface area (Å²) in [5.74, 6) is 1.53. The van der Waals surface area contributed by atoms with Gasteiger partial charge in [-0.25, -0.2) is 0 Å². The first-order chi connectivity index (χ1) is 12.6. The molecule has 146 valence electrons. The zero-order valence-electron chi connectivity index (χ0n) is 16.3. The van der Waals surface area contributed by atoms with E-state index >= 15 is 0 Å². The van der Waals surface area contributed by atoms with Gasteiger partial charge in [0.2, 0.25) is 0 Å². The number of likely N-dealkylation sites (tertiary alicyclic amines) is 1. The predicted molar refractivity (Wildman–Crippen MR) is 110 cm³/mol. The second kappa shape index (κ2) is 11.4. The first kappa shape index (κ1) is 21.0. The molecule has 26 heavy (non-hydrogen) atoms. The van der Waals surface area contributed by atoms with Crippen molar-refractivity contribution >= 4 is 17.6 Å². The number of piperidine rings is 1. The number of nitrogens with one attached hydrogen (secondary N) is 2. The Labute approximate surface area is 163 Å². The zero-order chi connectivity index (χ0) is 18.8. The van der Waals surface area contributed by atoms with Gasteiger partial charge in [0.15, 0.2) is 5.96 Å². The highest BCUT2D eigenvalue weighted by Crippen LogP contribution is 2.18. The van der Waals surface area contributed by atoms with Gasteiger partial charge in [0.25, 0.3) is 0 Å². The van der Waals surface area contributed by atoms with Crippen molar-refractivity contribution in [2.45, 2.75) is 32.7 Å². The number of hydrogen-bond acceptors (Lipinski definition) is 3. The van der Waals surface area contributed by atoms with E-state index < -0.39 is 0 Å². The van der Waals surface area contributed by atoms with Crippen LogP contribution in [0.15, 0.2) is 29.3 Å². The molecule has 2 N–H and O–H groups in total. The van der Waals surface area contributed by atoms with Gasteiger partial charge in [0, 0.05) is 31.8 Å². The maximum absolute atomic E-state index is 6.11. The van der Waals surface area contributed by atoms with E-state index in [1.54, 1.807) is 7.11 Å². The van der Waals surface area contributed by atoms with E-state index in [1.807, 2.05) is 18.2 Å². The van der Waals surface area contributed by atoms with Crippen LogP contribution in [0.25, 0.3) is 0 Å². The normalized spacial score (nSPS) is 17.9. The van der Waals surface area contributed by atoms with Crippen LogP contribution in [0.3, 0.4) is 0 Å². The number of methoxy groups -OCH3 is 1. The molecule has 1 unspecified atom stereocenters. The van der Waals surface area contributed by atoms with Gasteiger partial charge >= 0.3 is 0 Å². The third kappa shape index (κ3) is 7.14. The van der Waals surface area contributed by atoms with Gasteiger partial charge in [-0.3, -0.25) is 4.99 Å². The molecule has 5 nitrogen and oxygen atoms in total. The van der Waals surface area contributed by atoms with E-state index in [0.29, 0.717) is 5.92 Å². The monoisotopic (exact) mass is 380 g/mol. The second-order valence-electron chi connectivity index (χ2n) is 6.92. The van der Waals surface area contributed by atoms with Crippen LogP contribution < -0.4 is 10.6 Å². The summed E-state index contributed by atoms with van der Waals surface area (Å²) in [6.07, 6.45) is 2.41. The minimum absolute atomic E-state index is 0.155. The average molecular weight is 381 g/mol. The molecule has 1 saturated heterocycles. The van der Waals surface area contributed by atoms with Crippen LogP contribution >= 0.6 is 11.6 Å². The summed E-state index contributed by atoms with van der Waals surface area (Å²) in [4.78, 5) is 7.31. The standard InChI is InChI=1S/C20H33ClN4O/c1-4-22-20(24-16(2)18-6-5-7-19(21)14-18)23-15-17-8-10-25(11-9-17)12-13-26-3/h5-7,14,16-17H,4,8-13,15H2,1-3H3,(H2,22,23,24). The summed E-state index contributed by atoms with van der Waals surface area (Å²) in [6, 6.07) is 8.12. The Morgan fingerprint density at radius 1 is 1.38 bits per heavy atom. The molecule has 1 aliphatic rings. The van der Waals surface area contributed by atoms with E-state index in [2.05, 4.69) is 35.4 Å². The Kier molecular flexibility index (Phi) is 9.23. The average Bonchev–Trinajstić information content (AvgIpc) is 2.65. The van der Waals surface area contributed by atoms with Crippen molar-refractivity contribution in [2.24, 2.45) is 10.9 Å². The highest BCUT2D eigenvalue weighted by Gasteiger charge is 2.19. The molecule has 0 saturated carbocycles. The molecule has 0 spiro atoms. The topological polar surface area (TPSA) is 48.9 Å². The van der Waals surface area contributed by atoms with E-state index in [4.69, 9.17) is 21.3 Å². The van der Waals surface area contributed by atoms with Gasteiger partial charge in [0.1, 0.15) is 0 Å². The molecule has 2 rings (SSSR count). The fraction of sp³-hybridized carbons (Fsp3) is 0.650. The predicted octanol–water partition coefficient (Wildman–Crippen LogP) is 3.31. The molecule has 1 aromatic rings. The highest BCUT2D eigenvalue weighted by atomic mass is 35.5. The SMILES string of the molecule is CCNC(=NCC1CCN(CCOC)CC1)NC(C)c1cccc(Cl)c1. The van der Waals surface area contributed by atoms with Crippen molar-refractivity contribution in [1.82, 2.24) is 15.5 Å². The molecule has 0 radical (unpaired) electrons. The third-order valence-electron chi connectivity index (χ3n) is 4.87. The lowest BCUT2D eigenvalue weighted by atomic mass is 9.97. The van der Waals surface area contributed by atoms with Gasteiger partial charge in [-0.15, -0.1) is 0 Å². The Hall–Kier alpha value is -1.30. The summed E-state index contributed by atoms with van der Waals surface area (Å²) in [7, 11) is 1.76. The lowest BCUT2D eigenvalue weighted by Gasteiger charge is -2.31. The van der Waals surface area contributed by atoms with Crippen molar-refractivity contribution in [3.8, 4) is 0 Å². The number of benzene rings is 1. The molecule has 0 aliphatic carbocycles. The quantitative estimate of drug-likeness (QED) is 0.536. The Bertz CT molecular complexity index is 558. The number of halogens is 1. The smallest absolute Gasteiger partial charge is 0.191 e. The summed E-state index contributed by atoms with van der Waals surface area (Å²) >= 11 is 6.11. The van der Waals surface area contributed by atoms with Gasteiger partial charge in [0.05, 0.1) is 12.6 Å². The first-order valence-electron chi connectivity index (χ1n) is 9.64. The molecular formula is C20H33ClN4O. The van der Waals surface area contributed by atoms with E-state index in [1.165, 1.54) is 12.8 Å². The Morgan fingerprint density at radius 3 is 2.81 bits per heavy atom. The second-order valence-corrected chi connectivity index (χ2v) is 7.35. The molecule has 1 atom stereocenters. The van der Waals surface area contributed by atoms with Crippen molar-refractivity contribution in [3.05, 3.63) is 34.9 Å². The zero-order valence-corrected chi connectivity index (χ0v) is 17.1. The molecule has 0 amide bonds. The first-order valence-corrected chi connectivity index (χ1v) is 10.0. The lowest BCUT2D eigenvalue weighted by molar-refractivity contribution is 0.121. The molecule has 0 aromatic heterocycles. The van der Waals surface area contributed by atoms with Crippen molar-refractivity contribution in [2.75, 3.05) is 46.4 Å². The van der Waals surface area contributed by atoms with Crippen molar-refractivity contribution < 1.29 is 4.74 Å². The van der Waals surface area contributed by atoms with Gasteiger partial charge in [-0.2, -0.15) is 0 Å². The van der Waals surface area contributed by atoms with Crippen LogP contribution in [0.1, 0.15) is 38.3 Å². The minimum atomic E-state index is 0.155. The fourth-order valence-electron chi connectivity index (χ4n) is 3.22. The summed E-state index contributed by atoms with van der Waals surface area (Å²) in [6.45, 7) is 10.1. The van der Waals surface area contributed by atoms with Crippen molar-refractivity contribution in [3.63, 3.8) is 0 Å². The largest absolute Gasteiger partial charge is 0.383 e. The van der Waals surface area contributed by atoms with Gasteiger partial charge < -0.3 is 20.3 Å². The van der Waals surface area contributed by atoms with Crippen LogP contribution in [0.4, 0.5) is 0 Å². The van der Waals surface area contributed by atoms with Crippen LogP contribution in [0, 0.1) is 5.92 Å². The number of ether oxygens (including phenoxy) is 1. The molecule has 0 bridgehead atoms. The van der Waals surface area contributed by atoms with Crippen LogP contribution in [-0.2, 0) is 4.74 Å². The maximum Gasteiger partial charge on any atom is 0.191 e. The molecular weight excluding hydrogens is 348 g/mol. The van der Waals surface area contributed by atoms with Gasteiger partial charge in [-0.05, 0) is 63.4 Å². The van der Waals surface area contributed by atoms with Crippen LogP contribution in [0.5, 0.6) is 0 Å².